The van der Waals surface area contributed by atoms with Crippen LogP contribution in [0.25, 0.3) is 0 Å². The van der Waals surface area contributed by atoms with Crippen molar-refractivity contribution in [2.75, 3.05) is 27.3 Å². The number of hydrogen-bond donors (Lipinski definition) is 2. The maximum Gasteiger partial charge on any atom is 0.257 e. The molecule has 226 valence electrons. The van der Waals surface area contributed by atoms with Crippen molar-refractivity contribution >= 4 is 35.6 Å². The second-order valence-electron chi connectivity index (χ2n) is 11.6. The first kappa shape index (κ1) is 29.4. The second kappa shape index (κ2) is 11.4. The van der Waals surface area contributed by atoms with Crippen LogP contribution in [0.1, 0.15) is 63.3 Å². The van der Waals surface area contributed by atoms with Crippen LogP contribution in [0.3, 0.4) is 0 Å². The molecule has 2 fully saturated rings. The fraction of sp³-hybridized carbons (Fsp3) is 0.353. The number of amides is 2. The van der Waals surface area contributed by atoms with E-state index in [-0.39, 0.29) is 41.8 Å². The van der Waals surface area contributed by atoms with Crippen molar-refractivity contribution in [3.63, 3.8) is 0 Å². The maximum absolute atomic E-state index is 13.4. The largest absolute Gasteiger partial charge is 0.496 e. The topological polar surface area (TPSA) is 124 Å². The van der Waals surface area contributed by atoms with Gasteiger partial charge in [-0.15, -0.1) is 12.3 Å². The van der Waals surface area contributed by atoms with Crippen molar-refractivity contribution in [2.24, 2.45) is 15.9 Å². The summed E-state index contributed by atoms with van der Waals surface area (Å²) in [5.41, 5.74) is 4.03. The van der Waals surface area contributed by atoms with E-state index in [0.717, 1.165) is 11.1 Å². The van der Waals surface area contributed by atoms with Gasteiger partial charge in [0.25, 0.3) is 11.8 Å². The Balaban J connectivity index is 1.37. The molecule has 2 aromatic carbocycles. The number of methoxy groups -OCH3 is 2. The van der Waals surface area contributed by atoms with E-state index in [1.807, 2.05) is 0 Å². The molecule has 10 heteroatoms. The summed E-state index contributed by atoms with van der Waals surface area (Å²) < 4.78 is 11.3. The molecule has 2 saturated heterocycles. The number of carbonyl (C=O) groups is 2. The third-order valence-electron chi connectivity index (χ3n) is 8.84. The minimum absolute atomic E-state index is 0.0108. The molecule has 0 spiro atoms. The molecule has 6 rings (SSSR count). The van der Waals surface area contributed by atoms with E-state index in [9.17, 15) is 19.8 Å². The maximum atomic E-state index is 13.4. The molecule has 0 bridgehead atoms. The van der Waals surface area contributed by atoms with Gasteiger partial charge in [-0.2, -0.15) is 0 Å². The molecule has 4 unspecified atom stereocenters. The Kier molecular flexibility index (Phi) is 7.61. The number of ether oxygens (including phenoxy) is 2. The van der Waals surface area contributed by atoms with Crippen LogP contribution >= 0.6 is 0 Å². The molecule has 0 radical (unpaired) electrons. The van der Waals surface area contributed by atoms with Gasteiger partial charge in [0.05, 0.1) is 61.0 Å². The third kappa shape index (κ3) is 4.88. The SMILES string of the molecule is C#CCC(C(O)c1cc2c(cc1OC)C(=O)N1CC(=C)CC1C=N2)C(O)c1cc2c(cc1OC)C(=O)N1CC(=C)CC1C=N2. The van der Waals surface area contributed by atoms with Gasteiger partial charge in [0, 0.05) is 49.0 Å². The van der Waals surface area contributed by atoms with E-state index in [4.69, 9.17) is 15.9 Å². The summed E-state index contributed by atoms with van der Waals surface area (Å²) in [5, 5.41) is 23.6. The van der Waals surface area contributed by atoms with Gasteiger partial charge >= 0.3 is 0 Å². The zero-order chi connectivity index (χ0) is 31.3. The van der Waals surface area contributed by atoms with Gasteiger partial charge in [0.15, 0.2) is 0 Å². The molecule has 4 aliphatic rings. The smallest absolute Gasteiger partial charge is 0.257 e. The summed E-state index contributed by atoms with van der Waals surface area (Å²) in [6, 6.07) is 5.98. The van der Waals surface area contributed by atoms with Crippen LogP contribution in [0.2, 0.25) is 0 Å². The highest BCUT2D eigenvalue weighted by molar-refractivity contribution is 6.04. The van der Waals surface area contributed by atoms with Crippen LogP contribution in [-0.2, 0) is 0 Å². The van der Waals surface area contributed by atoms with E-state index in [1.165, 1.54) is 14.2 Å². The number of aliphatic hydroxyl groups is 2. The average Bonchev–Trinajstić information content (AvgIpc) is 3.53. The van der Waals surface area contributed by atoms with Gasteiger partial charge < -0.3 is 29.5 Å². The number of aliphatic hydroxyl groups excluding tert-OH is 2. The first-order chi connectivity index (χ1) is 21.1. The van der Waals surface area contributed by atoms with Crippen molar-refractivity contribution in [2.45, 2.75) is 43.6 Å². The molecule has 4 heterocycles. The summed E-state index contributed by atoms with van der Waals surface area (Å²) in [4.78, 5) is 39.5. The summed E-state index contributed by atoms with van der Waals surface area (Å²) in [6.07, 6.45) is 7.80. The summed E-state index contributed by atoms with van der Waals surface area (Å²) in [5.74, 6) is 1.77. The number of terminal acetylenes is 1. The monoisotopic (exact) mass is 594 g/mol. The molecule has 0 aliphatic carbocycles. The molecule has 0 aromatic heterocycles. The third-order valence-corrected chi connectivity index (χ3v) is 8.84. The Labute approximate surface area is 256 Å². The van der Waals surface area contributed by atoms with Crippen LogP contribution in [0.15, 0.2) is 58.6 Å². The Morgan fingerprint density at radius 1 is 0.864 bits per heavy atom. The summed E-state index contributed by atoms with van der Waals surface area (Å²) >= 11 is 0. The zero-order valence-electron chi connectivity index (χ0n) is 24.7. The molecule has 4 aliphatic heterocycles. The molecule has 10 nitrogen and oxygen atoms in total. The molecule has 2 N–H and O–H groups in total. The van der Waals surface area contributed by atoms with E-state index < -0.39 is 18.1 Å². The molecule has 2 aromatic rings. The lowest BCUT2D eigenvalue weighted by atomic mass is 9.83. The Bertz CT molecular complexity index is 1570. The van der Waals surface area contributed by atoms with Crippen molar-refractivity contribution in [1.82, 2.24) is 9.80 Å². The zero-order valence-corrected chi connectivity index (χ0v) is 24.7. The highest BCUT2D eigenvalue weighted by Crippen LogP contribution is 2.45. The predicted molar refractivity (Wildman–Crippen MR) is 166 cm³/mol. The lowest BCUT2D eigenvalue weighted by Gasteiger charge is -2.29. The first-order valence-corrected chi connectivity index (χ1v) is 14.4. The van der Waals surface area contributed by atoms with Crippen LogP contribution in [-0.4, -0.2) is 83.6 Å². The lowest BCUT2D eigenvalue weighted by molar-refractivity contribution is 0.0104. The van der Waals surface area contributed by atoms with Crippen LogP contribution in [0.5, 0.6) is 11.5 Å². The first-order valence-electron chi connectivity index (χ1n) is 14.4. The van der Waals surface area contributed by atoms with E-state index in [0.29, 0.717) is 59.6 Å². The van der Waals surface area contributed by atoms with Crippen molar-refractivity contribution in [3.05, 3.63) is 70.8 Å². The molecular weight excluding hydrogens is 560 g/mol. The van der Waals surface area contributed by atoms with Gasteiger partial charge in [0.1, 0.15) is 11.5 Å². The number of benzene rings is 2. The standard InChI is InChI=1S/C34H34N4O6/c1-6-7-22(31(39)25-10-27-23(12-29(25)43-4)33(41)37-16-18(2)8-20(37)14-35-27)32(40)26-11-28-24(13-30(26)44-5)34(42)38-17-19(3)9-21(38)15-36-28/h1,10-15,20-22,31-32,39-40H,2-3,7-9,16-17H2,4-5H3. The Morgan fingerprint density at radius 2 is 1.30 bits per heavy atom. The minimum atomic E-state index is -1.32. The van der Waals surface area contributed by atoms with Crippen LogP contribution in [0, 0.1) is 18.3 Å². The molecule has 44 heavy (non-hydrogen) atoms. The van der Waals surface area contributed by atoms with Gasteiger partial charge in [-0.25, -0.2) is 0 Å². The van der Waals surface area contributed by atoms with Crippen LogP contribution < -0.4 is 9.47 Å². The normalized spacial score (nSPS) is 22.3. The minimum Gasteiger partial charge on any atom is -0.496 e. The van der Waals surface area contributed by atoms with Crippen molar-refractivity contribution in [3.8, 4) is 23.8 Å². The van der Waals surface area contributed by atoms with Crippen molar-refractivity contribution < 1.29 is 29.3 Å². The number of aliphatic imine (C=N–C) groups is 2. The highest BCUT2D eigenvalue weighted by Gasteiger charge is 2.38. The van der Waals surface area contributed by atoms with E-state index >= 15 is 0 Å². The molecule has 4 atom stereocenters. The van der Waals surface area contributed by atoms with Gasteiger partial charge in [-0.05, 0) is 37.1 Å². The highest BCUT2D eigenvalue weighted by atomic mass is 16.5. The van der Waals surface area contributed by atoms with Gasteiger partial charge in [-0.1, -0.05) is 24.3 Å². The number of nitrogens with zero attached hydrogens (tertiary/aromatic N) is 4. The average molecular weight is 595 g/mol. The molecular formula is C34H34N4O6. The summed E-state index contributed by atoms with van der Waals surface area (Å²) in [7, 11) is 2.89. The number of rotatable bonds is 7. The quantitative estimate of drug-likeness (QED) is 0.368. The lowest BCUT2D eigenvalue weighted by Crippen LogP contribution is -2.35. The van der Waals surface area contributed by atoms with Gasteiger partial charge in [-0.3, -0.25) is 19.6 Å². The Morgan fingerprint density at radius 3 is 1.68 bits per heavy atom. The van der Waals surface area contributed by atoms with E-state index in [2.05, 4.69) is 29.1 Å². The van der Waals surface area contributed by atoms with Crippen LogP contribution in [0.4, 0.5) is 11.4 Å². The second-order valence-corrected chi connectivity index (χ2v) is 11.6. The fourth-order valence-electron chi connectivity index (χ4n) is 6.55. The number of fused-ring (bicyclic) bond motifs is 4. The Hall–Kier alpha value is -4.72. The number of hydrogen-bond acceptors (Lipinski definition) is 8. The van der Waals surface area contributed by atoms with E-state index in [1.54, 1.807) is 46.5 Å². The molecule has 0 saturated carbocycles. The van der Waals surface area contributed by atoms with Crippen molar-refractivity contribution in [1.29, 1.82) is 0 Å². The number of carbonyl (C=O) groups excluding carboxylic acids is 2. The fourth-order valence-corrected chi connectivity index (χ4v) is 6.55. The summed E-state index contributed by atoms with van der Waals surface area (Å²) in [6.45, 7) is 8.93. The molecule has 2 amide bonds. The predicted octanol–water partition coefficient (Wildman–Crippen LogP) is 4.08. The van der Waals surface area contributed by atoms with Gasteiger partial charge in [0.2, 0.25) is 0 Å².